The van der Waals surface area contributed by atoms with Crippen molar-refractivity contribution in [3.8, 4) is 28.3 Å². The number of anilines is 3. The fraction of sp³-hybridized carbons (Fsp3) is 0. The normalized spacial score (nSPS) is 11.8. The second kappa shape index (κ2) is 13.1. The number of hydrogen-bond acceptors (Lipinski definition) is 4. The predicted molar refractivity (Wildman–Crippen MR) is 244 cm³/mol. The molecule has 0 spiro atoms. The molecule has 12 rings (SSSR count). The number of para-hydroxylation sites is 2. The summed E-state index contributed by atoms with van der Waals surface area (Å²) in [5.41, 5.74) is 11.7. The van der Waals surface area contributed by atoms with Gasteiger partial charge in [-0.1, -0.05) is 103 Å². The van der Waals surface area contributed by atoms with E-state index < -0.39 is 0 Å². The molecule has 0 radical (unpaired) electrons. The Morgan fingerprint density at radius 3 is 1.95 bits per heavy atom. The van der Waals surface area contributed by atoms with Crippen molar-refractivity contribution in [1.29, 1.82) is 0 Å². The SMILES string of the molecule is c1ccc(-c2nc3ccc4cc(-c5ccc(N(c6ccc7sc8ccccc8c7c6)c6ccc7c8ccccc8n(-c8ccccc8)c7c6)cc5)ccc4c3o2)cc1. The van der Waals surface area contributed by atoms with Crippen molar-refractivity contribution < 1.29 is 4.42 Å². The van der Waals surface area contributed by atoms with Crippen LogP contribution in [0.2, 0.25) is 0 Å². The Bertz CT molecular complexity index is 3510. The Hall–Kier alpha value is -7.47. The van der Waals surface area contributed by atoms with Crippen molar-refractivity contribution in [1.82, 2.24) is 9.55 Å². The van der Waals surface area contributed by atoms with Gasteiger partial charge in [-0.2, -0.15) is 0 Å². The zero-order chi connectivity index (χ0) is 38.2. The molecule has 0 bridgehead atoms. The molecule has 58 heavy (non-hydrogen) atoms. The number of hydrogen-bond donors (Lipinski definition) is 0. The molecule has 0 atom stereocenters. The molecule has 0 fully saturated rings. The molecule has 9 aromatic carbocycles. The van der Waals surface area contributed by atoms with Crippen LogP contribution in [0.4, 0.5) is 17.1 Å². The summed E-state index contributed by atoms with van der Waals surface area (Å²) in [6, 6.07) is 71.7. The van der Waals surface area contributed by atoms with Gasteiger partial charge in [-0.15, -0.1) is 11.3 Å². The van der Waals surface area contributed by atoms with E-state index >= 15 is 0 Å². The summed E-state index contributed by atoms with van der Waals surface area (Å²) in [5, 5.41) is 7.20. The second-order valence-corrected chi connectivity index (χ2v) is 15.9. The van der Waals surface area contributed by atoms with Gasteiger partial charge in [0, 0.05) is 64.6 Å². The molecular weight excluding hydrogens is 727 g/mol. The van der Waals surface area contributed by atoms with Gasteiger partial charge in [-0.25, -0.2) is 4.98 Å². The van der Waals surface area contributed by atoms with Crippen molar-refractivity contribution in [2.75, 3.05) is 4.90 Å². The van der Waals surface area contributed by atoms with Gasteiger partial charge in [0.1, 0.15) is 5.52 Å². The van der Waals surface area contributed by atoms with Crippen molar-refractivity contribution in [2.24, 2.45) is 0 Å². The molecule has 0 unspecified atom stereocenters. The molecule has 0 amide bonds. The molecule has 3 heterocycles. The van der Waals surface area contributed by atoms with Crippen molar-refractivity contribution in [3.63, 3.8) is 0 Å². The number of aromatic nitrogens is 2. The maximum atomic E-state index is 6.34. The van der Waals surface area contributed by atoms with E-state index in [1.54, 1.807) is 0 Å². The number of oxazole rings is 1. The molecular formula is C53H33N3OS. The Morgan fingerprint density at radius 2 is 1.09 bits per heavy atom. The summed E-state index contributed by atoms with van der Waals surface area (Å²) in [5.74, 6) is 0.638. The number of benzene rings is 9. The highest BCUT2D eigenvalue weighted by molar-refractivity contribution is 7.25. The summed E-state index contributed by atoms with van der Waals surface area (Å²) >= 11 is 1.85. The van der Waals surface area contributed by atoms with E-state index in [-0.39, 0.29) is 0 Å². The van der Waals surface area contributed by atoms with Crippen molar-refractivity contribution in [3.05, 3.63) is 200 Å². The van der Waals surface area contributed by atoms with Crippen LogP contribution in [0.3, 0.4) is 0 Å². The van der Waals surface area contributed by atoms with Gasteiger partial charge in [0.05, 0.1) is 11.0 Å². The topological polar surface area (TPSA) is 34.2 Å². The predicted octanol–water partition coefficient (Wildman–Crippen LogP) is 15.2. The third-order valence-electron chi connectivity index (χ3n) is 11.4. The molecule has 0 saturated carbocycles. The number of nitrogens with zero attached hydrogens (tertiary/aromatic N) is 3. The quantitative estimate of drug-likeness (QED) is 0.169. The Labute approximate surface area is 338 Å². The zero-order valence-corrected chi connectivity index (χ0v) is 32.0. The van der Waals surface area contributed by atoms with Gasteiger partial charge >= 0.3 is 0 Å². The summed E-state index contributed by atoms with van der Waals surface area (Å²) in [6.45, 7) is 0. The van der Waals surface area contributed by atoms with Gasteiger partial charge in [-0.05, 0) is 114 Å². The Morgan fingerprint density at radius 1 is 0.431 bits per heavy atom. The minimum atomic E-state index is 0.638. The van der Waals surface area contributed by atoms with Gasteiger partial charge in [0.15, 0.2) is 5.58 Å². The lowest BCUT2D eigenvalue weighted by atomic mass is 10.00. The molecule has 3 aromatic heterocycles. The largest absolute Gasteiger partial charge is 0.435 e. The van der Waals surface area contributed by atoms with E-state index in [4.69, 9.17) is 9.40 Å². The molecule has 0 aliphatic rings. The summed E-state index contributed by atoms with van der Waals surface area (Å²) < 4.78 is 11.3. The van der Waals surface area contributed by atoms with Crippen LogP contribution < -0.4 is 4.90 Å². The number of thiophene rings is 1. The van der Waals surface area contributed by atoms with E-state index in [1.165, 1.54) is 42.0 Å². The fourth-order valence-electron chi connectivity index (χ4n) is 8.65. The van der Waals surface area contributed by atoms with E-state index in [0.29, 0.717) is 5.89 Å². The first-order valence-corrected chi connectivity index (χ1v) is 20.3. The lowest BCUT2D eigenvalue weighted by Gasteiger charge is -2.26. The second-order valence-electron chi connectivity index (χ2n) is 14.8. The van der Waals surface area contributed by atoms with Gasteiger partial charge in [-0.3, -0.25) is 0 Å². The fourth-order valence-corrected chi connectivity index (χ4v) is 9.74. The van der Waals surface area contributed by atoms with Crippen LogP contribution in [0.1, 0.15) is 0 Å². The molecule has 0 aliphatic carbocycles. The van der Waals surface area contributed by atoms with Crippen LogP contribution in [0.5, 0.6) is 0 Å². The smallest absolute Gasteiger partial charge is 0.227 e. The highest BCUT2D eigenvalue weighted by atomic mass is 32.1. The van der Waals surface area contributed by atoms with Crippen LogP contribution in [-0.4, -0.2) is 9.55 Å². The minimum absolute atomic E-state index is 0.638. The van der Waals surface area contributed by atoms with E-state index in [2.05, 4.69) is 179 Å². The van der Waals surface area contributed by atoms with Gasteiger partial charge in [0.2, 0.25) is 5.89 Å². The van der Waals surface area contributed by atoms with Crippen LogP contribution in [0.25, 0.3) is 92.1 Å². The minimum Gasteiger partial charge on any atom is -0.435 e. The Balaban J connectivity index is 0.992. The number of fused-ring (bicyclic) bond motifs is 9. The zero-order valence-electron chi connectivity index (χ0n) is 31.2. The first-order chi connectivity index (χ1) is 28.7. The van der Waals surface area contributed by atoms with E-state index in [9.17, 15) is 0 Å². The van der Waals surface area contributed by atoms with Crippen LogP contribution >= 0.6 is 11.3 Å². The average molecular weight is 760 g/mol. The van der Waals surface area contributed by atoms with E-state index in [1.807, 2.05) is 41.7 Å². The monoisotopic (exact) mass is 759 g/mol. The average Bonchev–Trinajstić information content (AvgIpc) is 3.99. The molecule has 4 nitrogen and oxygen atoms in total. The van der Waals surface area contributed by atoms with E-state index in [0.717, 1.165) is 61.3 Å². The molecule has 0 aliphatic heterocycles. The maximum Gasteiger partial charge on any atom is 0.227 e. The third-order valence-corrected chi connectivity index (χ3v) is 12.6. The molecule has 0 N–H and O–H groups in total. The third kappa shape index (κ3) is 5.25. The molecule has 5 heteroatoms. The Kier molecular flexibility index (Phi) is 7.37. The van der Waals surface area contributed by atoms with Crippen LogP contribution in [0, 0.1) is 0 Å². The highest BCUT2D eigenvalue weighted by Crippen LogP contribution is 2.43. The standard InChI is InChI=1S/C53H33N3OS/c1-3-11-35(12-4-1)53-54-47-29-22-37-31-36(21-27-42(37)52(47)57-53)34-19-23-39(24-20-34)55(40-26-30-51-46(32-40)45-16-8-10-18-50(45)58-51)41-25-28-44-43-15-7-9-17-48(43)56(49(44)33-41)38-13-5-2-6-14-38/h1-33H. The maximum absolute atomic E-state index is 6.34. The van der Waals surface area contributed by atoms with Crippen LogP contribution in [-0.2, 0) is 0 Å². The van der Waals surface area contributed by atoms with Crippen LogP contribution in [0.15, 0.2) is 205 Å². The summed E-state index contributed by atoms with van der Waals surface area (Å²) in [6.07, 6.45) is 0. The highest BCUT2D eigenvalue weighted by Gasteiger charge is 2.19. The van der Waals surface area contributed by atoms with Crippen molar-refractivity contribution in [2.45, 2.75) is 0 Å². The molecule has 12 aromatic rings. The number of rotatable bonds is 6. The summed E-state index contributed by atoms with van der Waals surface area (Å²) in [4.78, 5) is 7.19. The van der Waals surface area contributed by atoms with Crippen molar-refractivity contribution >= 4 is 92.2 Å². The first-order valence-electron chi connectivity index (χ1n) is 19.5. The first kappa shape index (κ1) is 32.7. The van der Waals surface area contributed by atoms with Gasteiger partial charge < -0.3 is 13.9 Å². The molecule has 0 saturated heterocycles. The van der Waals surface area contributed by atoms with Gasteiger partial charge in [0.25, 0.3) is 0 Å². The lowest BCUT2D eigenvalue weighted by molar-refractivity contribution is 0.623. The summed E-state index contributed by atoms with van der Waals surface area (Å²) in [7, 11) is 0. The lowest BCUT2D eigenvalue weighted by Crippen LogP contribution is -2.10. The molecule has 272 valence electrons.